The van der Waals surface area contributed by atoms with Crippen molar-refractivity contribution in [3.8, 4) is 11.6 Å². The van der Waals surface area contributed by atoms with E-state index in [1.165, 1.54) is 22.5 Å². The molecule has 1 aliphatic carbocycles. The molecular weight excluding hydrogens is 477 g/mol. The average molecular weight is 513 g/mol. The monoisotopic (exact) mass is 512 g/mol. The van der Waals surface area contributed by atoms with Crippen LogP contribution in [0.1, 0.15) is 68.3 Å². The number of aliphatic hydroxyl groups is 1. The van der Waals surface area contributed by atoms with Crippen LogP contribution in [0.2, 0.25) is 0 Å². The lowest BCUT2D eigenvalue weighted by atomic mass is 9.64. The lowest BCUT2D eigenvalue weighted by molar-refractivity contribution is -0.0812. The number of nitrogens with zero attached hydrogens (tertiary/aromatic N) is 3. The van der Waals surface area contributed by atoms with E-state index in [0.29, 0.717) is 11.8 Å². The standard InChI is InChI=1S/C30H36N3O3.Al/c1-7-17(2)19-13-14-23-22(15-19)30(4,5)24(32(23)6)16-21-27(34)26(28(21)35)25-18(3)31-33(29(25)36)20-11-9-8-10-12-20;/h8-17,21,26-28,34,36H,7H2,1-6H3;/q-1;+2/p-1/b24-16-;. The molecule has 2 aliphatic heterocycles. The SMILES string of the molecule is CCC(C)c1ccc2c(c1)C(C)(C)/C(=C/C1C(O)C3c4c(C)nn(-c5ccccc5)c4[O][Al][O]C13)N2C. The Bertz CT molecular complexity index is 1370. The highest BCUT2D eigenvalue weighted by atomic mass is 27.2. The Hall–Kier alpha value is -2.56. The smallest absolute Gasteiger partial charge is 0.612 e. The van der Waals surface area contributed by atoms with Gasteiger partial charge >= 0.3 is 15.9 Å². The number of rotatable bonds is 4. The number of likely N-dealkylation sites (N-methyl/N-ethyl adjacent to an activating group) is 1. The minimum absolute atomic E-state index is 0.105. The van der Waals surface area contributed by atoms with Crippen molar-refractivity contribution in [2.45, 2.75) is 70.5 Å². The van der Waals surface area contributed by atoms with Gasteiger partial charge in [-0.1, -0.05) is 64.1 Å². The van der Waals surface area contributed by atoms with Crippen molar-refractivity contribution >= 4 is 21.6 Å². The van der Waals surface area contributed by atoms with Gasteiger partial charge in [0.2, 0.25) is 0 Å². The van der Waals surface area contributed by atoms with E-state index < -0.39 is 22.0 Å². The van der Waals surface area contributed by atoms with E-state index in [1.54, 1.807) is 0 Å². The second-order valence-electron chi connectivity index (χ2n) is 11.3. The first-order chi connectivity index (χ1) is 17.7. The molecule has 1 saturated carbocycles. The number of benzene rings is 2. The van der Waals surface area contributed by atoms with Gasteiger partial charge in [-0.2, -0.15) is 5.10 Å². The lowest BCUT2D eigenvalue weighted by Crippen LogP contribution is -2.54. The van der Waals surface area contributed by atoms with Gasteiger partial charge in [-0.15, -0.1) is 0 Å². The van der Waals surface area contributed by atoms with E-state index in [0.717, 1.165) is 23.4 Å². The number of allylic oxidation sites excluding steroid dienone is 1. The Morgan fingerprint density at radius 1 is 1.19 bits per heavy atom. The molecule has 191 valence electrons. The molecule has 0 bridgehead atoms. The molecule has 0 saturated heterocycles. The van der Waals surface area contributed by atoms with Crippen LogP contribution in [-0.2, 0) is 9.20 Å². The van der Waals surface area contributed by atoms with Crippen molar-refractivity contribution < 1.29 is 12.7 Å². The van der Waals surface area contributed by atoms with Gasteiger partial charge in [0.05, 0.1) is 17.5 Å². The third kappa shape index (κ3) is 3.71. The van der Waals surface area contributed by atoms with Gasteiger partial charge < -0.3 is 17.6 Å². The van der Waals surface area contributed by atoms with Gasteiger partial charge in [0.1, 0.15) is 0 Å². The Morgan fingerprint density at radius 2 is 1.95 bits per heavy atom. The lowest BCUT2D eigenvalue weighted by Gasteiger charge is -2.48. The molecule has 6 rings (SSSR count). The zero-order valence-electron chi connectivity index (χ0n) is 22.5. The summed E-state index contributed by atoms with van der Waals surface area (Å²) in [6, 6.07) is 16.9. The third-order valence-corrected chi connectivity index (χ3v) is 9.60. The summed E-state index contributed by atoms with van der Waals surface area (Å²) in [7, 11) is 2.14. The molecule has 1 radical (unpaired) electrons. The summed E-state index contributed by atoms with van der Waals surface area (Å²) >= 11 is -0.718. The number of anilines is 1. The number of aryl methyl sites for hydroxylation is 1. The first-order valence-corrected chi connectivity index (χ1v) is 14.3. The van der Waals surface area contributed by atoms with Crippen molar-refractivity contribution in [3.05, 3.63) is 82.7 Å². The van der Waals surface area contributed by atoms with Gasteiger partial charge in [-0.3, -0.25) is 0 Å². The number of hydrogen-bond donors (Lipinski definition) is 1. The van der Waals surface area contributed by atoms with Crippen LogP contribution in [-0.4, -0.2) is 50.0 Å². The normalized spacial score (nSPS) is 27.3. The summed E-state index contributed by atoms with van der Waals surface area (Å²) in [5, 5.41) is 16.3. The maximum atomic E-state index is 11.5. The quantitative estimate of drug-likeness (QED) is 0.475. The molecule has 1 fully saturated rings. The van der Waals surface area contributed by atoms with E-state index in [9.17, 15) is 5.11 Å². The highest BCUT2D eigenvalue weighted by Crippen LogP contribution is 2.54. The summed E-state index contributed by atoms with van der Waals surface area (Å²) in [5.41, 5.74) is 7.83. The third-order valence-electron chi connectivity index (χ3n) is 8.85. The fourth-order valence-corrected chi connectivity index (χ4v) is 7.25. The molecule has 37 heavy (non-hydrogen) atoms. The van der Waals surface area contributed by atoms with Crippen molar-refractivity contribution in [3.63, 3.8) is 0 Å². The van der Waals surface area contributed by atoms with Crippen LogP contribution in [0.5, 0.6) is 5.88 Å². The molecule has 7 heteroatoms. The van der Waals surface area contributed by atoms with Crippen LogP contribution in [0.4, 0.5) is 5.69 Å². The first-order valence-electron chi connectivity index (χ1n) is 13.3. The van der Waals surface area contributed by atoms with Crippen LogP contribution < -0.4 is 8.69 Å². The Balaban J connectivity index is 1.34. The zero-order valence-corrected chi connectivity index (χ0v) is 23.6. The van der Waals surface area contributed by atoms with E-state index in [-0.39, 0.29) is 23.4 Å². The Kier molecular flexibility index (Phi) is 6.04. The molecule has 3 aliphatic rings. The largest absolute Gasteiger partial charge is 0.775 e. The van der Waals surface area contributed by atoms with E-state index in [4.69, 9.17) is 12.7 Å². The highest BCUT2D eigenvalue weighted by Gasteiger charge is 2.55. The van der Waals surface area contributed by atoms with Crippen LogP contribution in [0.3, 0.4) is 0 Å². The van der Waals surface area contributed by atoms with Gasteiger partial charge in [-0.05, 0) is 48.6 Å². The van der Waals surface area contributed by atoms with Gasteiger partial charge in [-0.25, -0.2) is 4.68 Å². The second-order valence-corrected chi connectivity index (χ2v) is 12.0. The predicted octanol–water partition coefficient (Wildman–Crippen LogP) is 5.39. The van der Waals surface area contributed by atoms with Gasteiger partial charge in [0.15, 0.2) is 5.88 Å². The second kappa shape index (κ2) is 9.03. The topological polar surface area (TPSA) is 59.8 Å². The van der Waals surface area contributed by atoms with Crippen molar-refractivity contribution in [2.24, 2.45) is 5.92 Å². The average Bonchev–Trinajstić information content (AvgIpc) is 3.22. The van der Waals surface area contributed by atoms with Crippen LogP contribution >= 0.6 is 0 Å². The van der Waals surface area contributed by atoms with E-state index in [2.05, 4.69) is 63.9 Å². The summed E-state index contributed by atoms with van der Waals surface area (Å²) in [6.45, 7) is 11.1. The zero-order chi connectivity index (χ0) is 26.1. The minimum Gasteiger partial charge on any atom is -0.612 e. The van der Waals surface area contributed by atoms with Crippen LogP contribution in [0.25, 0.3) is 5.69 Å². The number of aliphatic hydroxyl groups excluding tert-OH is 1. The molecule has 3 aromatic rings. The van der Waals surface area contributed by atoms with Crippen LogP contribution in [0, 0.1) is 12.8 Å². The number of aromatic nitrogens is 2. The molecule has 5 atom stereocenters. The van der Waals surface area contributed by atoms with Crippen LogP contribution in [0.15, 0.2) is 60.3 Å². The molecule has 1 aromatic heterocycles. The Morgan fingerprint density at radius 3 is 2.68 bits per heavy atom. The molecule has 1 N–H and O–H groups in total. The summed E-state index contributed by atoms with van der Waals surface area (Å²) in [5.74, 6) is 0.981. The number of para-hydroxylation sites is 1. The highest BCUT2D eigenvalue weighted by molar-refractivity contribution is 6.19. The maximum Gasteiger partial charge on any atom is 0.775 e. The molecule has 5 unspecified atom stereocenters. The van der Waals surface area contributed by atoms with E-state index >= 15 is 0 Å². The first kappa shape index (κ1) is 24.8. The minimum atomic E-state index is -0.718. The van der Waals surface area contributed by atoms with Crippen molar-refractivity contribution in [1.82, 2.24) is 9.78 Å². The predicted molar refractivity (Wildman–Crippen MR) is 146 cm³/mol. The fourth-order valence-electron chi connectivity index (χ4n) is 6.40. The maximum absolute atomic E-state index is 11.5. The molecule has 0 spiro atoms. The molecule has 0 amide bonds. The number of fused-ring (bicyclic) bond motifs is 4. The summed E-state index contributed by atoms with van der Waals surface area (Å²) in [6.07, 6.45) is 2.69. The molecule has 3 heterocycles. The van der Waals surface area contributed by atoms with Crippen molar-refractivity contribution in [2.75, 3.05) is 11.9 Å². The summed E-state index contributed by atoms with van der Waals surface area (Å²) in [4.78, 5) is 2.29. The molecule has 2 aromatic carbocycles. The van der Waals surface area contributed by atoms with E-state index in [1.807, 2.05) is 41.9 Å². The molecular formula is C30H35AlN3O3. The number of hydrogen-bond acceptors (Lipinski definition) is 5. The molecule has 6 nitrogen and oxygen atoms in total. The van der Waals surface area contributed by atoms with Gasteiger partial charge in [0, 0.05) is 47.4 Å². The Labute approximate surface area is 226 Å². The fraction of sp³-hybridized carbons (Fsp3) is 0.433. The van der Waals surface area contributed by atoms with Gasteiger partial charge in [0.25, 0.3) is 0 Å². The summed E-state index contributed by atoms with van der Waals surface area (Å²) < 4.78 is 14.4. The van der Waals surface area contributed by atoms with Crippen molar-refractivity contribution in [1.29, 1.82) is 0 Å².